The number of hydrogen-bond acceptors (Lipinski definition) is 4. The van der Waals surface area contributed by atoms with Gasteiger partial charge in [-0.2, -0.15) is 0 Å². The van der Waals surface area contributed by atoms with Crippen molar-refractivity contribution < 1.29 is 14.6 Å². The minimum atomic E-state index is 0. The summed E-state index contributed by atoms with van der Waals surface area (Å²) in [5.74, 6) is 1.55. The molecular formula is C21H30IN3O3. The molecule has 0 fully saturated rings. The van der Waals surface area contributed by atoms with Gasteiger partial charge in [0.05, 0.1) is 13.2 Å². The molecule has 7 heteroatoms. The van der Waals surface area contributed by atoms with Gasteiger partial charge in [0.1, 0.15) is 12.4 Å². The molecule has 2 rings (SSSR count). The van der Waals surface area contributed by atoms with E-state index in [0.717, 1.165) is 16.9 Å². The van der Waals surface area contributed by atoms with Crippen molar-refractivity contribution in [2.75, 3.05) is 40.5 Å². The molecule has 0 saturated carbocycles. The number of rotatable bonds is 10. The second-order valence-electron chi connectivity index (χ2n) is 6.08. The standard InChI is InChI=1S/C21H29N3O3.HI/c1-22-21(24-15-19(16-25)18-6-4-3-5-7-18)23-14-17-8-10-20(11-9-17)27-13-12-26-2;/h3-11,19,25H,12-16H2,1-2H3,(H2,22,23,24);1H. The third-order valence-electron chi connectivity index (χ3n) is 4.17. The molecule has 154 valence electrons. The van der Waals surface area contributed by atoms with E-state index in [4.69, 9.17) is 9.47 Å². The van der Waals surface area contributed by atoms with Gasteiger partial charge >= 0.3 is 0 Å². The van der Waals surface area contributed by atoms with Gasteiger partial charge in [-0.05, 0) is 23.3 Å². The predicted molar refractivity (Wildman–Crippen MR) is 124 cm³/mol. The number of aliphatic hydroxyl groups excluding tert-OH is 1. The van der Waals surface area contributed by atoms with Crippen molar-refractivity contribution in [1.82, 2.24) is 10.6 Å². The van der Waals surface area contributed by atoms with Crippen LogP contribution in [0.3, 0.4) is 0 Å². The Labute approximate surface area is 184 Å². The van der Waals surface area contributed by atoms with Crippen LogP contribution in [0.25, 0.3) is 0 Å². The Morgan fingerprint density at radius 3 is 2.36 bits per heavy atom. The van der Waals surface area contributed by atoms with E-state index in [1.54, 1.807) is 14.2 Å². The van der Waals surface area contributed by atoms with Crippen LogP contribution in [-0.2, 0) is 11.3 Å². The van der Waals surface area contributed by atoms with E-state index < -0.39 is 0 Å². The van der Waals surface area contributed by atoms with Gasteiger partial charge in [0.25, 0.3) is 0 Å². The molecule has 0 aliphatic carbocycles. The van der Waals surface area contributed by atoms with Crippen LogP contribution in [-0.4, -0.2) is 51.6 Å². The maximum Gasteiger partial charge on any atom is 0.191 e. The van der Waals surface area contributed by atoms with E-state index in [-0.39, 0.29) is 36.5 Å². The highest BCUT2D eigenvalue weighted by molar-refractivity contribution is 14.0. The van der Waals surface area contributed by atoms with E-state index in [2.05, 4.69) is 15.6 Å². The number of benzene rings is 2. The molecule has 3 N–H and O–H groups in total. The zero-order valence-electron chi connectivity index (χ0n) is 16.4. The molecular weight excluding hydrogens is 469 g/mol. The number of halogens is 1. The quantitative estimate of drug-likeness (QED) is 0.203. The second kappa shape index (κ2) is 14.2. The van der Waals surface area contributed by atoms with Gasteiger partial charge in [-0.1, -0.05) is 42.5 Å². The third-order valence-corrected chi connectivity index (χ3v) is 4.17. The van der Waals surface area contributed by atoms with Crippen LogP contribution in [0.2, 0.25) is 0 Å². The number of hydrogen-bond donors (Lipinski definition) is 3. The SMILES string of the molecule is CN=C(NCc1ccc(OCCOC)cc1)NCC(CO)c1ccccc1.I. The first-order valence-corrected chi connectivity index (χ1v) is 9.07. The number of ether oxygens (including phenoxy) is 2. The molecule has 6 nitrogen and oxygen atoms in total. The summed E-state index contributed by atoms with van der Waals surface area (Å²) in [6.45, 7) is 2.44. The van der Waals surface area contributed by atoms with Gasteiger partial charge in [-0.15, -0.1) is 24.0 Å². The predicted octanol–water partition coefficient (Wildman–Crippen LogP) is 2.77. The van der Waals surface area contributed by atoms with Crippen molar-refractivity contribution in [2.24, 2.45) is 4.99 Å². The Balaban J connectivity index is 0.00000392. The van der Waals surface area contributed by atoms with E-state index in [0.29, 0.717) is 32.3 Å². The lowest BCUT2D eigenvalue weighted by molar-refractivity contribution is 0.146. The molecule has 0 bridgehead atoms. The minimum Gasteiger partial charge on any atom is -0.491 e. The van der Waals surface area contributed by atoms with Gasteiger partial charge in [0.15, 0.2) is 5.96 Å². The Morgan fingerprint density at radius 2 is 1.75 bits per heavy atom. The fraction of sp³-hybridized carbons (Fsp3) is 0.381. The lowest BCUT2D eigenvalue weighted by Crippen LogP contribution is -2.39. The molecule has 0 amide bonds. The molecule has 0 aromatic heterocycles. The molecule has 0 heterocycles. The molecule has 0 aliphatic rings. The Morgan fingerprint density at radius 1 is 1.04 bits per heavy atom. The fourth-order valence-corrected chi connectivity index (χ4v) is 2.59. The first-order chi connectivity index (χ1) is 13.3. The van der Waals surface area contributed by atoms with Crippen LogP contribution in [0.15, 0.2) is 59.6 Å². The van der Waals surface area contributed by atoms with Crippen LogP contribution >= 0.6 is 24.0 Å². The van der Waals surface area contributed by atoms with Crippen molar-refractivity contribution >= 4 is 29.9 Å². The highest BCUT2D eigenvalue weighted by Crippen LogP contribution is 2.14. The van der Waals surface area contributed by atoms with Gasteiger partial charge in [-0.3, -0.25) is 4.99 Å². The van der Waals surface area contributed by atoms with Crippen LogP contribution in [0.1, 0.15) is 17.0 Å². The summed E-state index contributed by atoms with van der Waals surface area (Å²) in [5.41, 5.74) is 2.23. The summed E-state index contributed by atoms with van der Waals surface area (Å²) < 4.78 is 10.5. The van der Waals surface area contributed by atoms with Crippen LogP contribution in [0, 0.1) is 0 Å². The van der Waals surface area contributed by atoms with E-state index in [9.17, 15) is 5.11 Å². The molecule has 28 heavy (non-hydrogen) atoms. The molecule has 1 unspecified atom stereocenters. The maximum atomic E-state index is 9.66. The summed E-state index contributed by atoms with van der Waals surface area (Å²) >= 11 is 0. The minimum absolute atomic E-state index is 0. The second-order valence-corrected chi connectivity index (χ2v) is 6.08. The van der Waals surface area contributed by atoms with Crippen LogP contribution in [0.4, 0.5) is 0 Å². The van der Waals surface area contributed by atoms with E-state index in [1.165, 1.54) is 0 Å². The lowest BCUT2D eigenvalue weighted by atomic mass is 10.0. The molecule has 2 aromatic carbocycles. The van der Waals surface area contributed by atoms with Crippen LogP contribution < -0.4 is 15.4 Å². The summed E-state index contributed by atoms with van der Waals surface area (Å²) in [4.78, 5) is 4.24. The first kappa shape index (κ1) is 24.2. The highest BCUT2D eigenvalue weighted by Gasteiger charge is 2.10. The monoisotopic (exact) mass is 499 g/mol. The molecule has 0 spiro atoms. The zero-order valence-corrected chi connectivity index (χ0v) is 18.8. The summed E-state index contributed by atoms with van der Waals surface area (Å²) in [5, 5.41) is 16.2. The molecule has 0 radical (unpaired) electrons. The van der Waals surface area contributed by atoms with E-state index >= 15 is 0 Å². The first-order valence-electron chi connectivity index (χ1n) is 9.07. The maximum absolute atomic E-state index is 9.66. The molecule has 1 atom stereocenters. The zero-order chi connectivity index (χ0) is 19.3. The molecule has 0 aliphatic heterocycles. The average molecular weight is 499 g/mol. The van der Waals surface area contributed by atoms with Gasteiger partial charge in [0.2, 0.25) is 0 Å². The van der Waals surface area contributed by atoms with Crippen molar-refractivity contribution in [3.05, 3.63) is 65.7 Å². The number of nitrogens with one attached hydrogen (secondary N) is 2. The average Bonchev–Trinajstić information content (AvgIpc) is 2.72. The van der Waals surface area contributed by atoms with Gasteiger partial charge in [-0.25, -0.2) is 0 Å². The molecule has 2 aromatic rings. The number of guanidine groups is 1. The summed E-state index contributed by atoms with van der Waals surface area (Å²) in [7, 11) is 3.39. The highest BCUT2D eigenvalue weighted by atomic mass is 127. The largest absolute Gasteiger partial charge is 0.491 e. The van der Waals surface area contributed by atoms with Crippen LogP contribution in [0.5, 0.6) is 5.75 Å². The Bertz CT molecular complexity index is 681. The van der Waals surface area contributed by atoms with E-state index in [1.807, 2.05) is 54.6 Å². The number of nitrogens with zero attached hydrogens (tertiary/aromatic N) is 1. The van der Waals surface area contributed by atoms with Gasteiger partial charge in [0, 0.05) is 33.2 Å². The number of methoxy groups -OCH3 is 1. The molecule has 0 saturated heterocycles. The lowest BCUT2D eigenvalue weighted by Gasteiger charge is -2.18. The van der Waals surface area contributed by atoms with Crippen molar-refractivity contribution in [2.45, 2.75) is 12.5 Å². The van der Waals surface area contributed by atoms with Crippen molar-refractivity contribution in [1.29, 1.82) is 0 Å². The normalized spacial score (nSPS) is 12.0. The van der Waals surface area contributed by atoms with Gasteiger partial charge < -0.3 is 25.2 Å². The fourth-order valence-electron chi connectivity index (χ4n) is 2.59. The van der Waals surface area contributed by atoms with Crippen molar-refractivity contribution in [3.63, 3.8) is 0 Å². The number of aliphatic imine (C=N–C) groups is 1. The Hall–Kier alpha value is -1.84. The number of aliphatic hydroxyl groups is 1. The Kier molecular flexibility index (Phi) is 12.3. The summed E-state index contributed by atoms with van der Waals surface area (Å²) in [6, 6.07) is 17.9. The summed E-state index contributed by atoms with van der Waals surface area (Å²) in [6.07, 6.45) is 0. The van der Waals surface area contributed by atoms with Crippen molar-refractivity contribution in [3.8, 4) is 5.75 Å². The topological polar surface area (TPSA) is 75.1 Å². The third kappa shape index (κ3) is 8.45. The smallest absolute Gasteiger partial charge is 0.191 e.